The summed E-state index contributed by atoms with van der Waals surface area (Å²) in [5.41, 5.74) is 2.17. The average molecular weight is 329 g/mol. The van der Waals surface area contributed by atoms with Crippen molar-refractivity contribution < 1.29 is 9.53 Å². The Bertz CT molecular complexity index is 784. The lowest BCUT2D eigenvalue weighted by molar-refractivity contribution is 0.0218. The van der Waals surface area contributed by atoms with Crippen molar-refractivity contribution in [1.29, 1.82) is 0 Å². The van der Waals surface area contributed by atoms with Gasteiger partial charge in [-0.3, -0.25) is 4.57 Å². The van der Waals surface area contributed by atoms with E-state index in [1.54, 1.807) is 9.47 Å². The highest BCUT2D eigenvalue weighted by Crippen LogP contribution is 2.19. The molecule has 6 nitrogen and oxygen atoms in total. The Balaban J connectivity index is 1.83. The Morgan fingerprint density at radius 3 is 2.62 bits per heavy atom. The quantitative estimate of drug-likeness (QED) is 0.920. The zero-order valence-electron chi connectivity index (χ0n) is 14.3. The molecule has 1 aromatic heterocycles. The van der Waals surface area contributed by atoms with Gasteiger partial charge in [0.15, 0.2) is 0 Å². The molecule has 0 saturated carbocycles. The van der Waals surface area contributed by atoms with Crippen LogP contribution in [0.15, 0.2) is 35.1 Å². The summed E-state index contributed by atoms with van der Waals surface area (Å²) in [6.45, 7) is 6.97. The van der Waals surface area contributed by atoms with Gasteiger partial charge in [0, 0.05) is 18.7 Å². The lowest BCUT2D eigenvalue weighted by atomic mass is 10.1. The minimum absolute atomic E-state index is 0.130. The third-order valence-electron chi connectivity index (χ3n) is 3.98. The third-order valence-corrected chi connectivity index (χ3v) is 3.98. The van der Waals surface area contributed by atoms with Crippen LogP contribution in [0.5, 0.6) is 0 Å². The van der Waals surface area contributed by atoms with Crippen molar-refractivity contribution >= 4 is 6.09 Å². The first kappa shape index (κ1) is 16.4. The van der Waals surface area contributed by atoms with E-state index in [1.165, 1.54) is 0 Å². The number of H-pyrrole nitrogens is 1. The molecule has 0 radical (unpaired) electrons. The number of nitrogens with zero attached hydrogens (tertiary/aromatic N) is 2. The van der Waals surface area contributed by atoms with E-state index in [1.807, 2.05) is 51.1 Å². The maximum atomic E-state index is 12.3. The number of carbonyl (C=O) groups is 1. The monoisotopic (exact) mass is 329 g/mol. The van der Waals surface area contributed by atoms with Gasteiger partial charge in [0.2, 0.25) is 0 Å². The molecule has 0 atom stereocenters. The molecule has 6 heteroatoms. The van der Waals surface area contributed by atoms with Crippen molar-refractivity contribution in [1.82, 2.24) is 14.5 Å². The highest BCUT2D eigenvalue weighted by molar-refractivity contribution is 5.68. The third kappa shape index (κ3) is 3.53. The zero-order valence-corrected chi connectivity index (χ0v) is 14.3. The van der Waals surface area contributed by atoms with Crippen molar-refractivity contribution in [2.24, 2.45) is 0 Å². The molecule has 24 heavy (non-hydrogen) atoms. The van der Waals surface area contributed by atoms with Crippen molar-refractivity contribution in [3.8, 4) is 0 Å². The van der Waals surface area contributed by atoms with Crippen LogP contribution in [0.3, 0.4) is 0 Å². The van der Waals surface area contributed by atoms with Crippen molar-refractivity contribution in [2.45, 2.75) is 45.9 Å². The van der Waals surface area contributed by atoms with E-state index in [0.717, 1.165) is 17.0 Å². The van der Waals surface area contributed by atoms with Crippen LogP contribution in [-0.4, -0.2) is 32.7 Å². The van der Waals surface area contributed by atoms with Gasteiger partial charge < -0.3 is 14.6 Å². The smallest absolute Gasteiger partial charge is 0.410 e. The van der Waals surface area contributed by atoms with Gasteiger partial charge in [0.1, 0.15) is 5.60 Å². The van der Waals surface area contributed by atoms with Gasteiger partial charge in [0.05, 0.1) is 18.8 Å². The highest BCUT2D eigenvalue weighted by Gasteiger charge is 2.28. The lowest BCUT2D eigenvalue weighted by Gasteiger charge is -2.30. The molecule has 1 amide bonds. The number of aromatic amines is 1. The standard InChI is InChI=1S/C18H23N3O3/c1-18(2,3)24-17(23)20-10-9-14-15(12-20)21(16(22)19-14)11-13-7-5-4-6-8-13/h4-8H,9-12H2,1-3H3,(H,19,22). The first-order valence-electron chi connectivity index (χ1n) is 8.16. The molecule has 1 N–H and O–H groups in total. The van der Waals surface area contributed by atoms with Crippen molar-refractivity contribution in [3.05, 3.63) is 57.8 Å². The number of fused-ring (bicyclic) bond motifs is 1. The Morgan fingerprint density at radius 1 is 1.25 bits per heavy atom. The molecule has 0 bridgehead atoms. The van der Waals surface area contributed by atoms with Gasteiger partial charge in [-0.1, -0.05) is 30.3 Å². The molecule has 0 saturated heterocycles. The SMILES string of the molecule is CC(C)(C)OC(=O)N1CCc2[nH]c(=O)n(Cc3ccccc3)c2C1. The number of hydrogen-bond donors (Lipinski definition) is 1. The number of carbonyl (C=O) groups excluding carboxylic acids is 1. The molecule has 0 spiro atoms. The average Bonchev–Trinajstić information content (AvgIpc) is 2.82. The Labute approximate surface area is 141 Å². The summed E-state index contributed by atoms with van der Waals surface area (Å²) in [5, 5.41) is 0. The molecule has 0 fully saturated rings. The number of rotatable bonds is 2. The van der Waals surface area contributed by atoms with E-state index >= 15 is 0 Å². The maximum absolute atomic E-state index is 12.3. The minimum atomic E-state index is -0.529. The molecule has 3 rings (SSSR count). The van der Waals surface area contributed by atoms with Crippen LogP contribution in [0.25, 0.3) is 0 Å². The molecule has 2 heterocycles. The maximum Gasteiger partial charge on any atom is 0.410 e. The predicted octanol–water partition coefficient (Wildman–Crippen LogP) is 2.52. The molecule has 1 aliphatic rings. The second-order valence-electron chi connectivity index (χ2n) is 7.08. The van der Waals surface area contributed by atoms with E-state index in [-0.39, 0.29) is 11.8 Å². The normalized spacial score (nSPS) is 14.4. The van der Waals surface area contributed by atoms with Gasteiger partial charge >= 0.3 is 11.8 Å². The number of ether oxygens (including phenoxy) is 1. The van der Waals surface area contributed by atoms with Crippen LogP contribution in [0.2, 0.25) is 0 Å². The highest BCUT2D eigenvalue weighted by atomic mass is 16.6. The molecular formula is C18H23N3O3. The summed E-state index contributed by atoms with van der Waals surface area (Å²) in [6, 6.07) is 9.82. The van der Waals surface area contributed by atoms with Crippen LogP contribution in [0, 0.1) is 0 Å². The summed E-state index contributed by atoms with van der Waals surface area (Å²) in [4.78, 5) is 29.2. The number of benzene rings is 1. The number of nitrogens with one attached hydrogen (secondary N) is 1. The van der Waals surface area contributed by atoms with E-state index in [0.29, 0.717) is 26.1 Å². The van der Waals surface area contributed by atoms with Crippen LogP contribution >= 0.6 is 0 Å². The Hall–Kier alpha value is -2.50. The molecule has 128 valence electrons. The van der Waals surface area contributed by atoms with E-state index in [4.69, 9.17) is 4.74 Å². The molecule has 1 aromatic carbocycles. The second kappa shape index (κ2) is 6.19. The number of hydrogen-bond acceptors (Lipinski definition) is 3. The Morgan fingerprint density at radius 2 is 1.96 bits per heavy atom. The van der Waals surface area contributed by atoms with Crippen LogP contribution in [0.4, 0.5) is 4.79 Å². The van der Waals surface area contributed by atoms with E-state index in [9.17, 15) is 9.59 Å². The summed E-state index contributed by atoms with van der Waals surface area (Å²) < 4.78 is 7.16. The Kier molecular flexibility index (Phi) is 4.22. The summed E-state index contributed by atoms with van der Waals surface area (Å²) in [6.07, 6.45) is 0.291. The van der Waals surface area contributed by atoms with Gasteiger partial charge in [-0.25, -0.2) is 9.59 Å². The van der Waals surface area contributed by atoms with Gasteiger partial charge in [-0.15, -0.1) is 0 Å². The molecule has 0 aliphatic carbocycles. The fourth-order valence-electron chi connectivity index (χ4n) is 2.86. The summed E-state index contributed by atoms with van der Waals surface area (Å²) in [5.74, 6) is 0. The van der Waals surface area contributed by atoms with Gasteiger partial charge in [-0.2, -0.15) is 0 Å². The first-order chi connectivity index (χ1) is 11.3. The van der Waals surface area contributed by atoms with Crippen LogP contribution in [0.1, 0.15) is 37.7 Å². The first-order valence-corrected chi connectivity index (χ1v) is 8.16. The van der Waals surface area contributed by atoms with Gasteiger partial charge in [-0.05, 0) is 26.3 Å². The summed E-state index contributed by atoms with van der Waals surface area (Å²) in [7, 11) is 0. The predicted molar refractivity (Wildman–Crippen MR) is 90.9 cm³/mol. The molecular weight excluding hydrogens is 306 g/mol. The topological polar surface area (TPSA) is 67.3 Å². The van der Waals surface area contributed by atoms with Crippen LogP contribution in [-0.2, 0) is 24.2 Å². The number of imidazole rings is 1. The second-order valence-corrected chi connectivity index (χ2v) is 7.08. The van der Waals surface area contributed by atoms with Crippen molar-refractivity contribution in [3.63, 3.8) is 0 Å². The molecule has 2 aromatic rings. The number of amides is 1. The molecule has 1 aliphatic heterocycles. The van der Waals surface area contributed by atoms with Gasteiger partial charge in [0.25, 0.3) is 0 Å². The molecule has 0 unspecified atom stereocenters. The number of aromatic nitrogens is 2. The fraction of sp³-hybridized carbons (Fsp3) is 0.444. The van der Waals surface area contributed by atoms with Crippen LogP contribution < -0.4 is 5.69 Å². The summed E-state index contributed by atoms with van der Waals surface area (Å²) >= 11 is 0. The largest absolute Gasteiger partial charge is 0.444 e. The fourth-order valence-corrected chi connectivity index (χ4v) is 2.86. The van der Waals surface area contributed by atoms with E-state index in [2.05, 4.69) is 4.98 Å². The lowest BCUT2D eigenvalue weighted by Crippen LogP contribution is -2.40. The zero-order chi connectivity index (χ0) is 17.3. The van der Waals surface area contributed by atoms with E-state index < -0.39 is 5.60 Å². The minimum Gasteiger partial charge on any atom is -0.444 e. The van der Waals surface area contributed by atoms with Crippen molar-refractivity contribution in [2.75, 3.05) is 6.54 Å².